The van der Waals surface area contributed by atoms with Gasteiger partial charge in [0.2, 0.25) is 5.91 Å². The lowest BCUT2D eigenvalue weighted by Gasteiger charge is -2.22. The van der Waals surface area contributed by atoms with Gasteiger partial charge in [-0.3, -0.25) is 9.28 Å². The minimum Gasteiger partial charge on any atom is -0.477 e. The SMILES string of the molecule is CC(=O)NC/C=C/[N+](C)(C)CC(=O)O. The number of carboxylic acid groups (broad SMARTS) is 1. The zero-order valence-electron chi connectivity index (χ0n) is 8.78. The van der Waals surface area contributed by atoms with E-state index in [2.05, 4.69) is 5.32 Å². The summed E-state index contributed by atoms with van der Waals surface area (Å²) < 4.78 is 0.259. The lowest BCUT2D eigenvalue weighted by atomic mass is 10.4. The van der Waals surface area contributed by atoms with Crippen LogP contribution in [-0.4, -0.2) is 48.7 Å². The third-order valence-corrected chi connectivity index (χ3v) is 1.52. The molecule has 0 aromatic rings. The summed E-state index contributed by atoms with van der Waals surface area (Å²) in [7, 11) is 3.55. The van der Waals surface area contributed by atoms with Crippen LogP contribution in [0.5, 0.6) is 0 Å². The maximum absolute atomic E-state index is 10.5. The summed E-state index contributed by atoms with van der Waals surface area (Å²) in [6.07, 6.45) is 3.48. The first-order valence-corrected chi connectivity index (χ1v) is 4.30. The minimum absolute atomic E-state index is 0.0244. The lowest BCUT2D eigenvalue weighted by Crippen LogP contribution is -2.38. The van der Waals surface area contributed by atoms with Crippen molar-refractivity contribution in [2.45, 2.75) is 6.92 Å². The number of likely N-dealkylation sites (N-methyl/N-ethyl adjacent to an activating group) is 1. The first kappa shape index (κ1) is 12.6. The van der Waals surface area contributed by atoms with Crippen LogP contribution in [0.15, 0.2) is 12.3 Å². The number of nitrogens with zero attached hydrogens (tertiary/aromatic N) is 1. The van der Waals surface area contributed by atoms with Gasteiger partial charge in [0, 0.05) is 13.5 Å². The van der Waals surface area contributed by atoms with Crippen LogP contribution in [0, 0.1) is 0 Å². The number of carbonyl (C=O) groups excluding carboxylic acids is 1. The fraction of sp³-hybridized carbons (Fsp3) is 0.556. The van der Waals surface area contributed by atoms with Crippen molar-refractivity contribution in [3.05, 3.63) is 12.3 Å². The van der Waals surface area contributed by atoms with Crippen molar-refractivity contribution >= 4 is 11.9 Å². The van der Waals surface area contributed by atoms with E-state index >= 15 is 0 Å². The molecular weight excluding hydrogens is 184 g/mol. The molecular formula is C9H17N2O3+. The molecule has 14 heavy (non-hydrogen) atoms. The molecule has 0 bridgehead atoms. The normalized spacial score (nSPS) is 11.6. The highest BCUT2D eigenvalue weighted by Gasteiger charge is 2.15. The number of amides is 1. The fourth-order valence-corrected chi connectivity index (χ4v) is 0.942. The van der Waals surface area contributed by atoms with E-state index in [0.29, 0.717) is 6.54 Å². The molecule has 0 fully saturated rings. The Labute approximate surface area is 83.6 Å². The number of quaternary nitrogens is 1. The number of carbonyl (C=O) groups is 2. The van der Waals surface area contributed by atoms with Crippen LogP contribution in [-0.2, 0) is 9.59 Å². The van der Waals surface area contributed by atoms with Gasteiger partial charge in [-0.05, 0) is 6.08 Å². The van der Waals surface area contributed by atoms with Gasteiger partial charge in [-0.1, -0.05) is 0 Å². The quantitative estimate of drug-likeness (QED) is 0.605. The highest BCUT2D eigenvalue weighted by Crippen LogP contribution is 1.97. The topological polar surface area (TPSA) is 66.4 Å². The molecule has 80 valence electrons. The zero-order chi connectivity index (χ0) is 11.2. The molecule has 0 aliphatic rings. The molecule has 0 atom stereocenters. The van der Waals surface area contributed by atoms with Crippen molar-refractivity contribution in [1.82, 2.24) is 5.32 Å². The maximum Gasteiger partial charge on any atom is 0.359 e. The van der Waals surface area contributed by atoms with E-state index in [0.717, 1.165) is 0 Å². The average Bonchev–Trinajstić information content (AvgIpc) is 1.95. The molecule has 0 saturated heterocycles. The zero-order valence-corrected chi connectivity index (χ0v) is 8.78. The molecule has 1 amide bonds. The Morgan fingerprint density at radius 1 is 1.43 bits per heavy atom. The van der Waals surface area contributed by atoms with Crippen molar-refractivity contribution in [3.8, 4) is 0 Å². The number of nitrogens with one attached hydrogen (secondary N) is 1. The van der Waals surface area contributed by atoms with Gasteiger partial charge in [-0.25, -0.2) is 4.79 Å². The summed E-state index contributed by atoms with van der Waals surface area (Å²) in [6.45, 7) is 1.89. The first-order valence-electron chi connectivity index (χ1n) is 4.30. The first-order chi connectivity index (χ1) is 6.33. The van der Waals surface area contributed by atoms with Crippen molar-refractivity contribution in [3.63, 3.8) is 0 Å². The predicted octanol–water partition coefficient (Wildman–Crippen LogP) is -0.203. The summed E-state index contributed by atoms with van der Waals surface area (Å²) >= 11 is 0. The number of hydrogen-bond donors (Lipinski definition) is 2. The molecule has 0 heterocycles. The minimum atomic E-state index is -0.848. The Kier molecular flexibility index (Phi) is 4.86. The van der Waals surface area contributed by atoms with Crippen molar-refractivity contribution in [1.29, 1.82) is 0 Å². The Bertz CT molecular complexity index is 246. The molecule has 0 aliphatic carbocycles. The van der Waals surface area contributed by atoms with Crippen LogP contribution in [0.3, 0.4) is 0 Å². The van der Waals surface area contributed by atoms with E-state index in [9.17, 15) is 9.59 Å². The third-order valence-electron chi connectivity index (χ3n) is 1.52. The van der Waals surface area contributed by atoms with Gasteiger partial charge in [-0.2, -0.15) is 0 Å². The van der Waals surface area contributed by atoms with Gasteiger partial charge in [0.15, 0.2) is 6.54 Å². The number of rotatable bonds is 5. The number of hydrogen-bond acceptors (Lipinski definition) is 2. The van der Waals surface area contributed by atoms with E-state index < -0.39 is 5.97 Å². The van der Waals surface area contributed by atoms with E-state index in [-0.39, 0.29) is 16.9 Å². The Morgan fingerprint density at radius 3 is 2.43 bits per heavy atom. The monoisotopic (exact) mass is 201 g/mol. The molecule has 0 aromatic carbocycles. The fourth-order valence-electron chi connectivity index (χ4n) is 0.942. The molecule has 0 radical (unpaired) electrons. The van der Waals surface area contributed by atoms with Gasteiger partial charge < -0.3 is 10.4 Å². The molecule has 0 aliphatic heterocycles. The molecule has 2 N–H and O–H groups in total. The van der Waals surface area contributed by atoms with Crippen LogP contribution >= 0.6 is 0 Å². The highest BCUT2D eigenvalue weighted by molar-refractivity contribution is 5.72. The molecule has 0 aromatic heterocycles. The van der Waals surface area contributed by atoms with E-state index in [4.69, 9.17) is 5.11 Å². The summed E-state index contributed by atoms with van der Waals surface area (Å²) in [5.74, 6) is -0.947. The Balaban J connectivity index is 3.95. The number of carboxylic acids is 1. The van der Waals surface area contributed by atoms with Crippen molar-refractivity contribution < 1.29 is 19.2 Å². The number of aliphatic carboxylic acids is 1. The van der Waals surface area contributed by atoms with Gasteiger partial charge in [0.25, 0.3) is 0 Å². The summed E-state index contributed by atoms with van der Waals surface area (Å²) in [5.41, 5.74) is 0. The second-order valence-electron chi connectivity index (χ2n) is 3.65. The van der Waals surface area contributed by atoms with Crippen LogP contribution in [0.1, 0.15) is 6.92 Å². The highest BCUT2D eigenvalue weighted by atomic mass is 16.4. The van der Waals surface area contributed by atoms with Crippen LogP contribution in [0.2, 0.25) is 0 Å². The predicted molar refractivity (Wildman–Crippen MR) is 52.4 cm³/mol. The van der Waals surface area contributed by atoms with Crippen LogP contribution in [0.4, 0.5) is 0 Å². The van der Waals surface area contributed by atoms with Gasteiger partial charge in [0.05, 0.1) is 20.3 Å². The molecule has 0 unspecified atom stereocenters. The van der Waals surface area contributed by atoms with Crippen LogP contribution in [0.25, 0.3) is 0 Å². The second-order valence-corrected chi connectivity index (χ2v) is 3.65. The van der Waals surface area contributed by atoms with Crippen molar-refractivity contribution in [2.24, 2.45) is 0 Å². The maximum atomic E-state index is 10.5. The molecule has 0 rings (SSSR count). The van der Waals surface area contributed by atoms with Crippen molar-refractivity contribution in [2.75, 3.05) is 27.2 Å². The molecule has 0 spiro atoms. The average molecular weight is 201 g/mol. The smallest absolute Gasteiger partial charge is 0.359 e. The van der Waals surface area contributed by atoms with Crippen LogP contribution < -0.4 is 5.32 Å². The van der Waals surface area contributed by atoms with E-state index in [1.165, 1.54) is 6.92 Å². The molecule has 5 heteroatoms. The molecule has 5 nitrogen and oxygen atoms in total. The van der Waals surface area contributed by atoms with Gasteiger partial charge in [-0.15, -0.1) is 0 Å². The van der Waals surface area contributed by atoms with E-state index in [1.807, 2.05) is 0 Å². The summed E-state index contributed by atoms with van der Waals surface area (Å²) in [6, 6.07) is 0. The van der Waals surface area contributed by atoms with Gasteiger partial charge in [0.1, 0.15) is 0 Å². The summed E-state index contributed by atoms with van der Waals surface area (Å²) in [4.78, 5) is 20.9. The van der Waals surface area contributed by atoms with E-state index in [1.54, 1.807) is 26.4 Å². The summed E-state index contributed by atoms with van der Waals surface area (Å²) in [5, 5.41) is 11.2. The van der Waals surface area contributed by atoms with Gasteiger partial charge >= 0.3 is 5.97 Å². The Morgan fingerprint density at radius 2 is 2.00 bits per heavy atom. The standard InChI is InChI=1S/C9H16N2O3/c1-8(12)10-5-4-6-11(2,3)7-9(13)14/h4,6H,5,7H2,1-3H3,(H-,10,12,13,14)/p+1/b6-4+. The second kappa shape index (κ2) is 5.39. The molecule has 0 saturated carbocycles. The largest absolute Gasteiger partial charge is 0.477 e. The third kappa shape index (κ3) is 7.30. The Hall–Kier alpha value is -1.36. The lowest BCUT2D eigenvalue weighted by molar-refractivity contribution is -0.831.